The zero-order chi connectivity index (χ0) is 20.3. The molecule has 0 saturated carbocycles. The molecule has 148 valence electrons. The lowest BCUT2D eigenvalue weighted by molar-refractivity contribution is 0.100. The number of primary amides is 1. The van der Waals surface area contributed by atoms with Crippen LogP contribution in [0.5, 0.6) is 0 Å². The lowest BCUT2D eigenvalue weighted by Gasteiger charge is -2.15. The number of carbonyl (C=O) groups is 1. The second kappa shape index (κ2) is 8.22. The summed E-state index contributed by atoms with van der Waals surface area (Å²) in [4.78, 5) is 20.3. The van der Waals surface area contributed by atoms with Gasteiger partial charge in [-0.05, 0) is 31.5 Å². The van der Waals surface area contributed by atoms with Crippen LogP contribution in [0.15, 0.2) is 36.7 Å². The zero-order valence-corrected chi connectivity index (χ0v) is 15.8. The number of rotatable bonds is 8. The summed E-state index contributed by atoms with van der Waals surface area (Å²) in [5.41, 5.74) is 13.3. The maximum atomic E-state index is 13.1. The number of hydrogen-bond donors (Lipinski definition) is 4. The molecule has 2 atom stereocenters. The van der Waals surface area contributed by atoms with Crippen LogP contribution in [-0.2, 0) is 7.05 Å². The summed E-state index contributed by atoms with van der Waals surface area (Å²) in [5, 5.41) is 7.13. The summed E-state index contributed by atoms with van der Waals surface area (Å²) in [7, 11) is 1.95. The monoisotopic (exact) mass is 385 g/mol. The highest BCUT2D eigenvalue weighted by molar-refractivity contribution is 6.00. The first-order valence-electron chi connectivity index (χ1n) is 8.96. The molecule has 2 unspecified atom stereocenters. The van der Waals surface area contributed by atoms with Gasteiger partial charge in [0.05, 0.1) is 6.17 Å². The first-order valence-corrected chi connectivity index (χ1v) is 8.96. The van der Waals surface area contributed by atoms with Crippen LogP contribution in [0.25, 0.3) is 10.9 Å². The van der Waals surface area contributed by atoms with E-state index in [0.29, 0.717) is 6.54 Å². The van der Waals surface area contributed by atoms with Gasteiger partial charge in [0.25, 0.3) is 5.91 Å². The Morgan fingerprint density at radius 1 is 1.36 bits per heavy atom. The van der Waals surface area contributed by atoms with Crippen molar-refractivity contribution in [3.63, 3.8) is 0 Å². The van der Waals surface area contributed by atoms with E-state index in [9.17, 15) is 9.18 Å². The molecular weight excluding hydrogens is 361 g/mol. The van der Waals surface area contributed by atoms with Crippen molar-refractivity contribution in [1.29, 1.82) is 0 Å². The van der Waals surface area contributed by atoms with Crippen molar-refractivity contribution in [2.24, 2.45) is 18.5 Å². The molecule has 8 nitrogen and oxygen atoms in total. The Morgan fingerprint density at radius 3 is 2.86 bits per heavy atom. The fourth-order valence-corrected chi connectivity index (χ4v) is 3.00. The van der Waals surface area contributed by atoms with Crippen LogP contribution in [0.3, 0.4) is 0 Å². The van der Waals surface area contributed by atoms with Crippen LogP contribution in [0, 0.1) is 0 Å². The molecule has 2 aromatic heterocycles. The van der Waals surface area contributed by atoms with Crippen molar-refractivity contribution in [2.75, 3.05) is 17.2 Å². The Hall–Kier alpha value is -3.20. The Balaban J connectivity index is 1.86. The van der Waals surface area contributed by atoms with Gasteiger partial charge in [-0.25, -0.2) is 9.37 Å². The van der Waals surface area contributed by atoms with Crippen molar-refractivity contribution < 1.29 is 9.18 Å². The predicted molar refractivity (Wildman–Crippen MR) is 108 cm³/mol. The summed E-state index contributed by atoms with van der Waals surface area (Å²) in [6.45, 7) is 1.77. The van der Waals surface area contributed by atoms with Crippen LogP contribution >= 0.6 is 0 Å². The Kier molecular flexibility index (Phi) is 5.74. The molecule has 0 aliphatic carbocycles. The molecule has 3 rings (SSSR count). The van der Waals surface area contributed by atoms with Crippen molar-refractivity contribution in [3.05, 3.63) is 42.2 Å². The number of aryl methyl sites for hydroxylation is 1. The number of nitrogens with one attached hydrogen (secondary N) is 2. The molecule has 2 heterocycles. The quantitative estimate of drug-likeness (QED) is 0.472. The number of aromatic nitrogens is 3. The average molecular weight is 385 g/mol. The third-order valence-electron chi connectivity index (χ3n) is 4.39. The van der Waals surface area contributed by atoms with Gasteiger partial charge in [-0.2, -0.15) is 4.98 Å². The zero-order valence-electron chi connectivity index (χ0n) is 15.8. The molecule has 0 spiro atoms. The second-order valence-electron chi connectivity index (χ2n) is 6.77. The second-order valence-corrected chi connectivity index (χ2v) is 6.77. The lowest BCUT2D eigenvalue weighted by atomic mass is 10.1. The molecule has 1 aromatic carbocycles. The van der Waals surface area contributed by atoms with E-state index in [2.05, 4.69) is 20.6 Å². The van der Waals surface area contributed by atoms with Gasteiger partial charge in [-0.1, -0.05) is 6.07 Å². The van der Waals surface area contributed by atoms with Crippen molar-refractivity contribution in [2.45, 2.75) is 25.6 Å². The summed E-state index contributed by atoms with van der Waals surface area (Å²) >= 11 is 0. The fourth-order valence-electron chi connectivity index (χ4n) is 3.00. The molecule has 0 radical (unpaired) electrons. The number of hydrogen-bond acceptors (Lipinski definition) is 6. The van der Waals surface area contributed by atoms with E-state index in [-0.39, 0.29) is 29.8 Å². The normalized spacial score (nSPS) is 13.3. The molecule has 0 saturated heterocycles. The predicted octanol–water partition coefficient (Wildman–Crippen LogP) is 2.30. The molecule has 3 aromatic rings. The van der Waals surface area contributed by atoms with E-state index in [4.69, 9.17) is 11.5 Å². The third kappa shape index (κ3) is 4.37. The smallest absolute Gasteiger partial charge is 0.254 e. The van der Waals surface area contributed by atoms with Gasteiger partial charge in [-0.15, -0.1) is 0 Å². The van der Waals surface area contributed by atoms with E-state index in [1.165, 1.54) is 13.1 Å². The summed E-state index contributed by atoms with van der Waals surface area (Å²) in [6, 6.07) is 7.39. The molecular formula is C19H24FN7O. The molecule has 0 aliphatic heterocycles. The Labute approximate surface area is 162 Å². The molecule has 9 heteroatoms. The fraction of sp³-hybridized carbons (Fsp3) is 0.316. The van der Waals surface area contributed by atoms with E-state index in [1.807, 2.05) is 42.1 Å². The standard InChI is InChI=1S/C19H24FN7O/c1-11(20)8-12(21)9-23-19-24-10-14(17(22)28)18(26-19)25-15-4-3-5-16-13(15)6-7-27(16)2/h3-7,10-12H,8-9,21H2,1-2H3,(H2,22,28)(H2,23,24,25,26). The van der Waals surface area contributed by atoms with E-state index in [0.717, 1.165) is 16.6 Å². The molecule has 1 amide bonds. The highest BCUT2D eigenvalue weighted by Gasteiger charge is 2.15. The van der Waals surface area contributed by atoms with Gasteiger partial charge in [0.2, 0.25) is 5.95 Å². The minimum Gasteiger partial charge on any atom is -0.365 e. The Morgan fingerprint density at radius 2 is 2.14 bits per heavy atom. The van der Waals surface area contributed by atoms with Crippen LogP contribution in [0.4, 0.5) is 21.8 Å². The lowest BCUT2D eigenvalue weighted by Crippen LogP contribution is -2.31. The summed E-state index contributed by atoms with van der Waals surface area (Å²) in [5.74, 6) is -0.0827. The molecule has 6 N–H and O–H groups in total. The maximum absolute atomic E-state index is 13.1. The highest BCUT2D eigenvalue weighted by Crippen LogP contribution is 2.27. The number of carbonyl (C=O) groups excluding carboxylic acids is 1. The van der Waals surface area contributed by atoms with Gasteiger partial charge in [0.15, 0.2) is 0 Å². The number of fused-ring (bicyclic) bond motifs is 1. The first-order chi connectivity index (χ1) is 13.3. The van der Waals surface area contributed by atoms with Gasteiger partial charge < -0.3 is 26.7 Å². The average Bonchev–Trinajstić information content (AvgIpc) is 3.02. The third-order valence-corrected chi connectivity index (χ3v) is 4.39. The topological polar surface area (TPSA) is 124 Å². The van der Waals surface area contributed by atoms with Gasteiger partial charge in [0.1, 0.15) is 11.4 Å². The summed E-state index contributed by atoms with van der Waals surface area (Å²) in [6.07, 6.45) is 2.55. The SMILES string of the molecule is CC(F)CC(N)CNc1ncc(C(N)=O)c(Nc2cccc3c2ccn3C)n1. The Bertz CT molecular complexity index is 986. The van der Waals surface area contributed by atoms with E-state index >= 15 is 0 Å². The largest absolute Gasteiger partial charge is 0.365 e. The summed E-state index contributed by atoms with van der Waals surface area (Å²) < 4.78 is 15.0. The molecule has 0 bridgehead atoms. The number of halogens is 1. The molecule has 0 fully saturated rings. The van der Waals surface area contributed by atoms with Crippen LogP contribution in [-0.4, -0.2) is 39.2 Å². The van der Waals surface area contributed by atoms with Crippen LogP contribution < -0.4 is 22.1 Å². The highest BCUT2D eigenvalue weighted by atomic mass is 19.1. The molecule has 0 aliphatic rings. The first kappa shape index (κ1) is 19.6. The van der Waals surface area contributed by atoms with Crippen molar-refractivity contribution in [3.8, 4) is 0 Å². The number of alkyl halides is 1. The number of nitrogens with zero attached hydrogens (tertiary/aromatic N) is 3. The number of nitrogens with two attached hydrogens (primary N) is 2. The number of amides is 1. The van der Waals surface area contributed by atoms with Gasteiger partial charge in [0, 0.05) is 48.6 Å². The maximum Gasteiger partial charge on any atom is 0.254 e. The number of anilines is 3. The minimum absolute atomic E-state index is 0.167. The minimum atomic E-state index is -0.987. The van der Waals surface area contributed by atoms with E-state index in [1.54, 1.807) is 0 Å². The van der Waals surface area contributed by atoms with Crippen molar-refractivity contribution in [1.82, 2.24) is 14.5 Å². The number of benzene rings is 1. The van der Waals surface area contributed by atoms with Gasteiger partial charge in [-0.3, -0.25) is 4.79 Å². The van der Waals surface area contributed by atoms with Crippen LogP contribution in [0.2, 0.25) is 0 Å². The van der Waals surface area contributed by atoms with Crippen molar-refractivity contribution >= 4 is 34.3 Å². The van der Waals surface area contributed by atoms with Crippen LogP contribution in [0.1, 0.15) is 23.7 Å². The van der Waals surface area contributed by atoms with Gasteiger partial charge >= 0.3 is 0 Å². The molecule has 28 heavy (non-hydrogen) atoms. The van der Waals surface area contributed by atoms with E-state index < -0.39 is 12.1 Å².